The van der Waals surface area contributed by atoms with Gasteiger partial charge in [0.25, 0.3) is 0 Å². The fourth-order valence-corrected chi connectivity index (χ4v) is 1.16. The zero-order valence-corrected chi connectivity index (χ0v) is 7.86. The molecule has 0 spiro atoms. The number of carbonyl (C=O) groups excluding carboxylic acids is 1. The average Bonchev–Trinajstić information content (AvgIpc) is 2.15. The van der Waals surface area contributed by atoms with Crippen molar-refractivity contribution < 1.29 is 4.79 Å². The van der Waals surface area contributed by atoms with E-state index < -0.39 is 0 Å². The number of benzene rings is 1. The van der Waals surface area contributed by atoms with Crippen LogP contribution < -0.4 is 0 Å². The minimum Gasteiger partial charge on any atom is -0.299 e. The molecule has 0 saturated carbocycles. The maximum atomic E-state index is 9.97. The summed E-state index contributed by atoms with van der Waals surface area (Å²) < 4.78 is 0. The van der Waals surface area contributed by atoms with E-state index in [1.165, 1.54) is 11.1 Å². The highest BCUT2D eigenvalue weighted by molar-refractivity contribution is 5.64. The van der Waals surface area contributed by atoms with Crippen LogP contribution in [0.5, 0.6) is 0 Å². The Bertz CT molecular complexity index is 282. The molecule has 13 heavy (non-hydrogen) atoms. The Morgan fingerprint density at radius 3 is 2.54 bits per heavy atom. The Balaban J connectivity index is 2.41. The Morgan fingerprint density at radius 2 is 1.92 bits per heavy atom. The first-order chi connectivity index (χ1) is 6.33. The molecule has 1 heteroatoms. The fraction of sp³-hybridized carbons (Fsp3) is 0.250. The molecule has 1 rings (SSSR count). The van der Waals surface area contributed by atoms with Gasteiger partial charge in [-0.15, -0.1) is 0 Å². The number of aldehydes is 1. The minimum absolute atomic E-state index is 0.815. The van der Waals surface area contributed by atoms with E-state index in [1.54, 1.807) is 6.08 Å². The third-order valence-corrected chi connectivity index (χ3v) is 1.93. The predicted octanol–water partition coefficient (Wildman–Crippen LogP) is 2.68. The lowest BCUT2D eigenvalue weighted by atomic mass is 10.1. The predicted molar refractivity (Wildman–Crippen MR) is 54.7 cm³/mol. The second-order valence-electron chi connectivity index (χ2n) is 3.09. The number of allylic oxidation sites excluding steroid dienone is 2. The Morgan fingerprint density at radius 1 is 1.23 bits per heavy atom. The van der Waals surface area contributed by atoms with Gasteiger partial charge in [-0.05, 0) is 31.4 Å². The van der Waals surface area contributed by atoms with Crippen molar-refractivity contribution in [3.63, 3.8) is 0 Å². The lowest BCUT2D eigenvalue weighted by molar-refractivity contribution is -0.104. The van der Waals surface area contributed by atoms with Gasteiger partial charge in [0.05, 0.1) is 0 Å². The van der Waals surface area contributed by atoms with Gasteiger partial charge in [0, 0.05) is 0 Å². The maximum absolute atomic E-state index is 9.97. The molecule has 0 aliphatic rings. The molecule has 0 bridgehead atoms. The van der Waals surface area contributed by atoms with Crippen molar-refractivity contribution >= 4 is 6.29 Å². The van der Waals surface area contributed by atoms with Gasteiger partial charge in [-0.25, -0.2) is 0 Å². The zero-order chi connectivity index (χ0) is 9.52. The van der Waals surface area contributed by atoms with Crippen molar-refractivity contribution in [1.82, 2.24) is 0 Å². The molecule has 1 aromatic rings. The molecule has 0 aliphatic heterocycles. The summed E-state index contributed by atoms with van der Waals surface area (Å²) >= 11 is 0. The third-order valence-electron chi connectivity index (χ3n) is 1.93. The molecule has 1 aromatic carbocycles. The number of aryl methyl sites for hydroxylation is 2. The summed E-state index contributed by atoms with van der Waals surface area (Å²) in [6.07, 6.45) is 6.20. The topological polar surface area (TPSA) is 17.1 Å². The van der Waals surface area contributed by atoms with Crippen LogP contribution in [0.15, 0.2) is 36.4 Å². The van der Waals surface area contributed by atoms with Crippen LogP contribution in [0.25, 0.3) is 0 Å². The van der Waals surface area contributed by atoms with E-state index in [-0.39, 0.29) is 0 Å². The van der Waals surface area contributed by atoms with Crippen LogP contribution in [0.2, 0.25) is 0 Å². The van der Waals surface area contributed by atoms with Gasteiger partial charge in [0.1, 0.15) is 6.29 Å². The normalized spacial score (nSPS) is 10.5. The summed E-state index contributed by atoms with van der Waals surface area (Å²) in [5.74, 6) is 0. The Hall–Kier alpha value is -1.37. The molecule has 1 nitrogen and oxygen atoms in total. The molecule has 0 amide bonds. The van der Waals surface area contributed by atoms with Gasteiger partial charge < -0.3 is 0 Å². The second kappa shape index (κ2) is 5.31. The third kappa shape index (κ3) is 3.70. The number of hydrogen-bond donors (Lipinski definition) is 0. The van der Waals surface area contributed by atoms with Crippen molar-refractivity contribution in [2.75, 3.05) is 0 Å². The van der Waals surface area contributed by atoms with Gasteiger partial charge in [-0.2, -0.15) is 0 Å². The molecule has 0 heterocycles. The molecule has 0 saturated heterocycles. The summed E-state index contributed by atoms with van der Waals surface area (Å²) in [7, 11) is 0. The summed E-state index contributed by atoms with van der Waals surface area (Å²) in [5, 5.41) is 0. The van der Waals surface area contributed by atoms with E-state index in [4.69, 9.17) is 0 Å². The first-order valence-corrected chi connectivity index (χ1v) is 4.49. The van der Waals surface area contributed by atoms with Crippen molar-refractivity contribution in [2.45, 2.75) is 19.8 Å². The van der Waals surface area contributed by atoms with Crippen LogP contribution in [0.1, 0.15) is 17.5 Å². The highest BCUT2D eigenvalue weighted by Crippen LogP contribution is 2.05. The minimum atomic E-state index is 0.815. The Labute approximate surface area is 79.1 Å². The summed E-state index contributed by atoms with van der Waals surface area (Å²) in [6.45, 7) is 2.08. The van der Waals surface area contributed by atoms with E-state index in [2.05, 4.69) is 31.2 Å². The van der Waals surface area contributed by atoms with Crippen molar-refractivity contribution in [3.05, 3.63) is 47.5 Å². The summed E-state index contributed by atoms with van der Waals surface area (Å²) in [5.41, 5.74) is 2.60. The van der Waals surface area contributed by atoms with E-state index >= 15 is 0 Å². The molecule has 68 valence electrons. The lowest BCUT2D eigenvalue weighted by Crippen LogP contribution is -1.83. The van der Waals surface area contributed by atoms with E-state index in [9.17, 15) is 4.79 Å². The van der Waals surface area contributed by atoms with Gasteiger partial charge in [-0.1, -0.05) is 35.9 Å². The summed E-state index contributed by atoms with van der Waals surface area (Å²) in [6, 6.07) is 8.48. The van der Waals surface area contributed by atoms with Crippen molar-refractivity contribution in [3.8, 4) is 0 Å². The van der Waals surface area contributed by atoms with Gasteiger partial charge in [0.2, 0.25) is 0 Å². The number of rotatable bonds is 4. The SMILES string of the molecule is Cc1ccc(CCC=CC=O)cc1. The first kappa shape index (κ1) is 9.72. The van der Waals surface area contributed by atoms with Crippen LogP contribution in [0.4, 0.5) is 0 Å². The monoisotopic (exact) mass is 174 g/mol. The van der Waals surface area contributed by atoms with Crippen LogP contribution >= 0.6 is 0 Å². The molecule has 0 aromatic heterocycles. The highest BCUT2D eigenvalue weighted by atomic mass is 16.1. The molecule has 0 unspecified atom stereocenters. The largest absolute Gasteiger partial charge is 0.299 e. The number of carbonyl (C=O) groups is 1. The fourth-order valence-electron chi connectivity index (χ4n) is 1.16. The molecular weight excluding hydrogens is 160 g/mol. The average molecular weight is 174 g/mol. The van der Waals surface area contributed by atoms with E-state index in [0.29, 0.717) is 0 Å². The van der Waals surface area contributed by atoms with E-state index in [0.717, 1.165) is 19.1 Å². The van der Waals surface area contributed by atoms with Crippen molar-refractivity contribution in [2.24, 2.45) is 0 Å². The highest BCUT2D eigenvalue weighted by Gasteiger charge is 1.89. The second-order valence-corrected chi connectivity index (χ2v) is 3.09. The van der Waals surface area contributed by atoms with Gasteiger partial charge in [-0.3, -0.25) is 4.79 Å². The van der Waals surface area contributed by atoms with Crippen LogP contribution in [0.3, 0.4) is 0 Å². The summed E-state index contributed by atoms with van der Waals surface area (Å²) in [4.78, 5) is 9.97. The van der Waals surface area contributed by atoms with Gasteiger partial charge >= 0.3 is 0 Å². The smallest absolute Gasteiger partial charge is 0.142 e. The van der Waals surface area contributed by atoms with Gasteiger partial charge in [0.15, 0.2) is 0 Å². The standard InChI is InChI=1S/C12H14O/c1-11-6-8-12(9-7-11)5-3-2-4-10-13/h2,4,6-10H,3,5H2,1H3. The molecule has 0 atom stereocenters. The van der Waals surface area contributed by atoms with Crippen LogP contribution in [-0.4, -0.2) is 6.29 Å². The Kier molecular flexibility index (Phi) is 3.97. The molecule has 0 aliphatic carbocycles. The van der Waals surface area contributed by atoms with E-state index in [1.807, 2.05) is 6.08 Å². The lowest BCUT2D eigenvalue weighted by Gasteiger charge is -1.98. The van der Waals surface area contributed by atoms with Crippen molar-refractivity contribution in [1.29, 1.82) is 0 Å². The molecular formula is C12H14O. The zero-order valence-electron chi connectivity index (χ0n) is 7.86. The molecule has 0 radical (unpaired) electrons. The number of hydrogen-bond acceptors (Lipinski definition) is 1. The molecule has 0 N–H and O–H groups in total. The molecule has 0 fully saturated rings. The van der Waals surface area contributed by atoms with Crippen LogP contribution in [0, 0.1) is 6.92 Å². The quantitative estimate of drug-likeness (QED) is 0.506. The first-order valence-electron chi connectivity index (χ1n) is 4.49. The maximum Gasteiger partial charge on any atom is 0.142 e. The van der Waals surface area contributed by atoms with Crippen LogP contribution in [-0.2, 0) is 11.2 Å².